The molecule has 5 nitrogen and oxygen atoms in total. The monoisotopic (exact) mass is 284 g/mol. The number of alkyl halides is 2. The molecule has 8 heteroatoms. The van der Waals surface area contributed by atoms with E-state index in [0.29, 0.717) is 12.8 Å². The summed E-state index contributed by atoms with van der Waals surface area (Å²) < 4.78 is 47.9. The number of hydrogen-bond donors (Lipinski definition) is 2. The van der Waals surface area contributed by atoms with Gasteiger partial charge in [-0.3, -0.25) is 4.79 Å². The molecule has 1 amide bonds. The summed E-state index contributed by atoms with van der Waals surface area (Å²) >= 11 is 0. The van der Waals surface area contributed by atoms with Crippen LogP contribution < -0.4 is 11.1 Å². The fraction of sp³-hybridized carbons (Fsp3) is 0.900. The first-order chi connectivity index (χ1) is 8.08. The Morgan fingerprint density at radius 2 is 2.00 bits per heavy atom. The van der Waals surface area contributed by atoms with E-state index in [1.54, 1.807) is 0 Å². The van der Waals surface area contributed by atoms with E-state index >= 15 is 0 Å². The molecule has 0 aromatic rings. The minimum absolute atomic E-state index is 0.0271. The van der Waals surface area contributed by atoms with Gasteiger partial charge in [-0.05, 0) is 18.3 Å². The van der Waals surface area contributed by atoms with Crippen LogP contribution in [0.2, 0.25) is 0 Å². The molecule has 0 aliphatic heterocycles. The van der Waals surface area contributed by atoms with Gasteiger partial charge in [0.1, 0.15) is 9.84 Å². The van der Waals surface area contributed by atoms with Crippen LogP contribution in [0.4, 0.5) is 8.78 Å². The van der Waals surface area contributed by atoms with E-state index < -0.39 is 40.2 Å². The Balaban J connectivity index is 2.42. The number of carbonyl (C=O) groups is 1. The molecule has 106 valence electrons. The zero-order chi connectivity index (χ0) is 14.0. The molecule has 0 spiro atoms. The van der Waals surface area contributed by atoms with Crippen LogP contribution in [-0.2, 0) is 14.6 Å². The quantitative estimate of drug-likeness (QED) is 0.684. The van der Waals surface area contributed by atoms with Crippen LogP contribution in [0.25, 0.3) is 0 Å². The van der Waals surface area contributed by atoms with Crippen molar-refractivity contribution >= 4 is 15.7 Å². The highest BCUT2D eigenvalue weighted by Crippen LogP contribution is 2.49. The van der Waals surface area contributed by atoms with Crippen LogP contribution >= 0.6 is 0 Å². The van der Waals surface area contributed by atoms with Crippen molar-refractivity contribution in [1.82, 2.24) is 5.32 Å². The van der Waals surface area contributed by atoms with Crippen LogP contribution in [0, 0.1) is 5.41 Å². The first kappa shape index (κ1) is 15.3. The molecule has 0 radical (unpaired) electrons. The molecule has 1 aliphatic carbocycles. The summed E-state index contributed by atoms with van der Waals surface area (Å²) in [6, 6.07) is 0. The van der Waals surface area contributed by atoms with E-state index in [9.17, 15) is 22.0 Å². The summed E-state index contributed by atoms with van der Waals surface area (Å²) in [6.07, 6.45) is 2.36. The SMILES string of the molecule is CS(=O)(=O)CC1(CC(=O)NCC(F)(F)CN)CC1. The Bertz CT molecular complexity index is 419. The molecule has 1 saturated carbocycles. The number of nitrogens with two attached hydrogens (primary N) is 1. The number of amides is 1. The Kier molecular flexibility index (Phi) is 4.32. The van der Waals surface area contributed by atoms with Crippen LogP contribution in [0.15, 0.2) is 0 Å². The molecule has 0 unspecified atom stereocenters. The Labute approximate surface area is 105 Å². The normalized spacial score (nSPS) is 18.4. The van der Waals surface area contributed by atoms with Gasteiger partial charge in [0.05, 0.1) is 18.8 Å². The van der Waals surface area contributed by atoms with Crippen molar-refractivity contribution in [3.63, 3.8) is 0 Å². The van der Waals surface area contributed by atoms with Crippen molar-refractivity contribution in [3.8, 4) is 0 Å². The third-order valence-electron chi connectivity index (χ3n) is 2.90. The van der Waals surface area contributed by atoms with E-state index in [0.717, 1.165) is 6.26 Å². The molecule has 0 aromatic carbocycles. The lowest BCUT2D eigenvalue weighted by molar-refractivity contribution is -0.123. The third kappa shape index (κ3) is 5.26. The zero-order valence-electron chi connectivity index (χ0n) is 10.2. The van der Waals surface area contributed by atoms with Gasteiger partial charge in [-0.2, -0.15) is 0 Å². The van der Waals surface area contributed by atoms with Crippen molar-refractivity contribution in [3.05, 3.63) is 0 Å². The van der Waals surface area contributed by atoms with E-state index in [1.807, 2.05) is 0 Å². The molecule has 0 atom stereocenters. The van der Waals surface area contributed by atoms with Crippen molar-refractivity contribution in [2.24, 2.45) is 11.1 Å². The number of halogens is 2. The van der Waals surface area contributed by atoms with Gasteiger partial charge in [0.25, 0.3) is 5.92 Å². The Morgan fingerprint density at radius 1 is 1.44 bits per heavy atom. The first-order valence-corrected chi connectivity index (χ1v) is 7.66. The highest BCUT2D eigenvalue weighted by Gasteiger charge is 2.46. The Hall–Kier alpha value is -0.760. The van der Waals surface area contributed by atoms with Gasteiger partial charge in [-0.1, -0.05) is 0 Å². The average molecular weight is 284 g/mol. The molecule has 0 heterocycles. The molecule has 1 aliphatic rings. The number of carbonyl (C=O) groups excluding carboxylic acids is 1. The number of nitrogens with one attached hydrogen (secondary N) is 1. The van der Waals surface area contributed by atoms with Gasteiger partial charge >= 0.3 is 0 Å². The molecular formula is C10H18F2N2O3S. The summed E-state index contributed by atoms with van der Waals surface area (Å²) in [5.74, 6) is -3.74. The zero-order valence-corrected chi connectivity index (χ0v) is 11.0. The minimum atomic E-state index is -3.16. The van der Waals surface area contributed by atoms with Crippen molar-refractivity contribution < 1.29 is 22.0 Å². The number of sulfone groups is 1. The van der Waals surface area contributed by atoms with Gasteiger partial charge < -0.3 is 11.1 Å². The topological polar surface area (TPSA) is 89.3 Å². The molecule has 18 heavy (non-hydrogen) atoms. The van der Waals surface area contributed by atoms with Crippen LogP contribution in [0.5, 0.6) is 0 Å². The Morgan fingerprint density at radius 3 is 2.39 bits per heavy atom. The van der Waals surface area contributed by atoms with Crippen LogP contribution in [0.1, 0.15) is 19.3 Å². The molecule has 3 N–H and O–H groups in total. The maximum atomic E-state index is 12.8. The van der Waals surface area contributed by atoms with E-state index in [1.165, 1.54) is 0 Å². The minimum Gasteiger partial charge on any atom is -0.350 e. The third-order valence-corrected chi connectivity index (χ3v) is 4.04. The van der Waals surface area contributed by atoms with Gasteiger partial charge in [0.15, 0.2) is 0 Å². The summed E-state index contributed by atoms with van der Waals surface area (Å²) in [7, 11) is -3.16. The predicted octanol–water partition coefficient (Wildman–Crippen LogP) is -0.0885. The second-order valence-corrected chi connectivity index (χ2v) is 7.22. The lowest BCUT2D eigenvalue weighted by Gasteiger charge is -2.17. The van der Waals surface area contributed by atoms with Crippen molar-refractivity contribution in [1.29, 1.82) is 0 Å². The highest BCUT2D eigenvalue weighted by atomic mass is 32.2. The molecule has 0 aromatic heterocycles. The lowest BCUT2D eigenvalue weighted by atomic mass is 10.1. The second-order valence-electron chi connectivity index (χ2n) is 5.08. The van der Waals surface area contributed by atoms with Crippen LogP contribution in [0.3, 0.4) is 0 Å². The highest BCUT2D eigenvalue weighted by molar-refractivity contribution is 7.90. The lowest BCUT2D eigenvalue weighted by Crippen LogP contribution is -2.42. The predicted molar refractivity (Wildman–Crippen MR) is 63.0 cm³/mol. The second kappa shape index (κ2) is 5.08. The smallest absolute Gasteiger partial charge is 0.277 e. The maximum absolute atomic E-state index is 12.8. The molecule has 1 rings (SSSR count). The summed E-state index contributed by atoms with van der Waals surface area (Å²) in [5, 5.41) is 2.09. The fourth-order valence-electron chi connectivity index (χ4n) is 1.81. The molecular weight excluding hydrogens is 266 g/mol. The molecule has 0 saturated heterocycles. The van der Waals surface area contributed by atoms with Crippen LogP contribution in [-0.4, -0.2) is 45.3 Å². The number of hydrogen-bond acceptors (Lipinski definition) is 4. The average Bonchev–Trinajstić information content (AvgIpc) is 2.92. The summed E-state index contributed by atoms with van der Waals surface area (Å²) in [6.45, 7) is -1.64. The van der Waals surface area contributed by atoms with E-state index in [-0.39, 0.29) is 12.2 Å². The van der Waals surface area contributed by atoms with E-state index in [4.69, 9.17) is 5.73 Å². The fourth-order valence-corrected chi connectivity index (χ4v) is 3.31. The molecule has 1 fully saturated rings. The first-order valence-electron chi connectivity index (χ1n) is 5.60. The van der Waals surface area contributed by atoms with Gasteiger partial charge in [-0.25, -0.2) is 17.2 Å². The standard InChI is InChI=1S/C10H18F2N2O3S/c1-18(16,17)7-9(2-3-9)4-8(15)14-6-10(11,12)5-13/h2-7,13H2,1H3,(H,14,15). The van der Waals surface area contributed by atoms with Crippen molar-refractivity contribution in [2.75, 3.05) is 25.1 Å². The summed E-state index contributed by atoms with van der Waals surface area (Å²) in [4.78, 5) is 11.5. The van der Waals surface area contributed by atoms with Gasteiger partial charge in [-0.15, -0.1) is 0 Å². The van der Waals surface area contributed by atoms with Crippen molar-refractivity contribution in [2.45, 2.75) is 25.2 Å². The largest absolute Gasteiger partial charge is 0.350 e. The van der Waals surface area contributed by atoms with Gasteiger partial charge in [0, 0.05) is 12.7 Å². The summed E-state index contributed by atoms with van der Waals surface area (Å²) in [5.41, 5.74) is 4.29. The number of rotatable bonds is 7. The maximum Gasteiger partial charge on any atom is 0.277 e. The van der Waals surface area contributed by atoms with Gasteiger partial charge in [0.2, 0.25) is 5.91 Å². The van der Waals surface area contributed by atoms with E-state index in [2.05, 4.69) is 5.32 Å². The molecule has 0 bridgehead atoms.